The zero-order valence-corrected chi connectivity index (χ0v) is 13.7. The van der Waals surface area contributed by atoms with Gasteiger partial charge in [0.25, 0.3) is 0 Å². The van der Waals surface area contributed by atoms with Crippen LogP contribution in [0.15, 0.2) is 28.7 Å². The molecule has 0 saturated heterocycles. The molecule has 1 aliphatic rings. The summed E-state index contributed by atoms with van der Waals surface area (Å²) in [6, 6.07) is 7.34. The van der Waals surface area contributed by atoms with Crippen LogP contribution in [0.2, 0.25) is 0 Å². The number of esters is 1. The van der Waals surface area contributed by atoms with Crippen LogP contribution in [0.1, 0.15) is 36.0 Å². The summed E-state index contributed by atoms with van der Waals surface area (Å²) in [5.41, 5.74) is 0.627. The SMILES string of the molecule is CN(C)C[C@H]1CCCC[C@@H]1OC(=O)c1ccc(Br)cc1. The van der Waals surface area contributed by atoms with E-state index in [0.717, 1.165) is 30.3 Å². The third-order valence-electron chi connectivity index (χ3n) is 3.78. The Morgan fingerprint density at radius 2 is 1.90 bits per heavy atom. The van der Waals surface area contributed by atoms with E-state index >= 15 is 0 Å². The molecule has 3 nitrogen and oxygen atoms in total. The standard InChI is InChI=1S/C16H22BrNO2/c1-18(2)11-13-5-3-4-6-15(13)20-16(19)12-7-9-14(17)10-8-12/h7-10,13,15H,3-6,11H2,1-2H3/t13-,15+/m1/s1. The van der Waals surface area contributed by atoms with Crippen molar-refractivity contribution in [3.63, 3.8) is 0 Å². The first-order chi connectivity index (χ1) is 9.56. The number of nitrogens with zero attached hydrogens (tertiary/aromatic N) is 1. The first-order valence-electron chi connectivity index (χ1n) is 7.17. The lowest BCUT2D eigenvalue weighted by atomic mass is 9.86. The van der Waals surface area contributed by atoms with Crippen molar-refractivity contribution in [3.05, 3.63) is 34.3 Å². The Balaban J connectivity index is 1.99. The van der Waals surface area contributed by atoms with Crippen LogP contribution in [0.25, 0.3) is 0 Å². The Kier molecular flexibility index (Phi) is 5.61. The second-order valence-corrected chi connectivity index (χ2v) is 6.67. The maximum Gasteiger partial charge on any atom is 0.338 e. The fraction of sp³-hybridized carbons (Fsp3) is 0.562. The van der Waals surface area contributed by atoms with Crippen LogP contribution in [0.4, 0.5) is 0 Å². The molecule has 0 N–H and O–H groups in total. The zero-order valence-electron chi connectivity index (χ0n) is 12.1. The highest BCUT2D eigenvalue weighted by molar-refractivity contribution is 9.10. The first kappa shape index (κ1) is 15.5. The summed E-state index contributed by atoms with van der Waals surface area (Å²) in [6.45, 7) is 0.984. The van der Waals surface area contributed by atoms with Crippen LogP contribution in [0.5, 0.6) is 0 Å². The van der Waals surface area contributed by atoms with E-state index in [-0.39, 0.29) is 12.1 Å². The normalized spacial score (nSPS) is 22.8. The predicted molar refractivity (Wildman–Crippen MR) is 83.9 cm³/mol. The highest BCUT2D eigenvalue weighted by Crippen LogP contribution is 2.28. The van der Waals surface area contributed by atoms with E-state index in [2.05, 4.69) is 34.9 Å². The number of hydrogen-bond donors (Lipinski definition) is 0. The third-order valence-corrected chi connectivity index (χ3v) is 4.31. The van der Waals surface area contributed by atoms with Crippen molar-refractivity contribution in [2.75, 3.05) is 20.6 Å². The topological polar surface area (TPSA) is 29.5 Å². The van der Waals surface area contributed by atoms with Crippen LogP contribution < -0.4 is 0 Å². The van der Waals surface area contributed by atoms with E-state index in [1.165, 1.54) is 6.42 Å². The van der Waals surface area contributed by atoms with Gasteiger partial charge in [-0.3, -0.25) is 0 Å². The van der Waals surface area contributed by atoms with Crippen molar-refractivity contribution in [2.45, 2.75) is 31.8 Å². The van der Waals surface area contributed by atoms with Crippen LogP contribution in [-0.4, -0.2) is 37.6 Å². The molecule has 0 amide bonds. The Bertz CT molecular complexity index is 444. The number of rotatable bonds is 4. The minimum atomic E-state index is -0.201. The number of ether oxygens (including phenoxy) is 1. The molecule has 1 aromatic rings. The number of hydrogen-bond acceptors (Lipinski definition) is 3. The fourth-order valence-electron chi connectivity index (χ4n) is 2.80. The number of benzene rings is 1. The maximum absolute atomic E-state index is 12.2. The van der Waals surface area contributed by atoms with Gasteiger partial charge in [-0.1, -0.05) is 22.4 Å². The molecule has 1 aliphatic carbocycles. The molecule has 0 aromatic heterocycles. The van der Waals surface area contributed by atoms with Crippen molar-refractivity contribution >= 4 is 21.9 Å². The summed E-state index contributed by atoms with van der Waals surface area (Å²) in [5.74, 6) is 0.256. The smallest absolute Gasteiger partial charge is 0.338 e. The Morgan fingerprint density at radius 3 is 2.55 bits per heavy atom. The molecule has 0 bridgehead atoms. The van der Waals surface area contributed by atoms with E-state index in [9.17, 15) is 4.79 Å². The molecule has 0 heterocycles. The van der Waals surface area contributed by atoms with E-state index in [1.807, 2.05) is 12.1 Å². The van der Waals surface area contributed by atoms with Gasteiger partial charge in [-0.05, 0) is 57.6 Å². The molecule has 110 valence electrons. The lowest BCUT2D eigenvalue weighted by Crippen LogP contribution is -2.36. The Morgan fingerprint density at radius 1 is 1.25 bits per heavy atom. The molecular weight excluding hydrogens is 318 g/mol. The minimum absolute atomic E-state index is 0.0577. The van der Waals surface area contributed by atoms with E-state index in [4.69, 9.17) is 4.74 Å². The van der Waals surface area contributed by atoms with Gasteiger partial charge in [0.05, 0.1) is 5.56 Å². The number of carbonyl (C=O) groups is 1. The predicted octanol–water partition coefficient (Wildman–Crippen LogP) is 3.73. The molecule has 1 fully saturated rings. The van der Waals surface area contributed by atoms with E-state index in [0.29, 0.717) is 11.5 Å². The molecule has 1 saturated carbocycles. The van der Waals surface area contributed by atoms with E-state index < -0.39 is 0 Å². The van der Waals surface area contributed by atoms with E-state index in [1.54, 1.807) is 12.1 Å². The van der Waals surface area contributed by atoms with Crippen molar-refractivity contribution in [2.24, 2.45) is 5.92 Å². The summed E-state index contributed by atoms with van der Waals surface area (Å²) < 4.78 is 6.72. The summed E-state index contributed by atoms with van der Waals surface area (Å²) in [4.78, 5) is 14.4. The quantitative estimate of drug-likeness (QED) is 0.783. The Hall–Kier alpha value is -0.870. The van der Waals surface area contributed by atoms with Crippen molar-refractivity contribution in [1.82, 2.24) is 4.90 Å². The van der Waals surface area contributed by atoms with Crippen molar-refractivity contribution in [1.29, 1.82) is 0 Å². The first-order valence-corrected chi connectivity index (χ1v) is 7.97. The van der Waals surface area contributed by atoms with Gasteiger partial charge >= 0.3 is 5.97 Å². The molecule has 4 heteroatoms. The average molecular weight is 340 g/mol. The lowest BCUT2D eigenvalue weighted by Gasteiger charge is -2.32. The molecule has 1 aromatic carbocycles. The van der Waals surface area contributed by atoms with Crippen LogP contribution in [0, 0.1) is 5.92 Å². The van der Waals surface area contributed by atoms with Crippen molar-refractivity contribution in [3.8, 4) is 0 Å². The summed E-state index contributed by atoms with van der Waals surface area (Å²) in [5, 5.41) is 0. The number of carbonyl (C=O) groups excluding carboxylic acids is 1. The van der Waals surface area contributed by atoms with Gasteiger partial charge in [0.2, 0.25) is 0 Å². The van der Waals surface area contributed by atoms with Gasteiger partial charge in [-0.2, -0.15) is 0 Å². The monoisotopic (exact) mass is 339 g/mol. The second kappa shape index (κ2) is 7.23. The molecule has 2 atom stereocenters. The molecule has 0 spiro atoms. The summed E-state index contributed by atoms with van der Waals surface area (Å²) in [7, 11) is 4.14. The molecule has 0 unspecified atom stereocenters. The Labute approximate surface area is 129 Å². The molecule has 20 heavy (non-hydrogen) atoms. The van der Waals surface area contributed by atoms with Gasteiger partial charge in [0.15, 0.2) is 0 Å². The minimum Gasteiger partial charge on any atom is -0.458 e. The highest BCUT2D eigenvalue weighted by atomic mass is 79.9. The van der Waals surface area contributed by atoms with Gasteiger partial charge < -0.3 is 9.64 Å². The zero-order chi connectivity index (χ0) is 14.5. The summed E-state index contributed by atoms with van der Waals surface area (Å²) >= 11 is 3.37. The molecule has 2 rings (SSSR count). The van der Waals surface area contributed by atoms with Gasteiger partial charge in [0.1, 0.15) is 6.10 Å². The largest absolute Gasteiger partial charge is 0.458 e. The summed E-state index contributed by atoms with van der Waals surface area (Å²) in [6.07, 6.45) is 4.59. The fourth-order valence-corrected chi connectivity index (χ4v) is 3.06. The van der Waals surface area contributed by atoms with Crippen LogP contribution in [-0.2, 0) is 4.74 Å². The van der Waals surface area contributed by atoms with Crippen LogP contribution >= 0.6 is 15.9 Å². The van der Waals surface area contributed by atoms with Gasteiger partial charge in [0, 0.05) is 16.9 Å². The lowest BCUT2D eigenvalue weighted by molar-refractivity contribution is -0.00324. The third kappa shape index (κ3) is 4.32. The van der Waals surface area contributed by atoms with Gasteiger partial charge in [-0.15, -0.1) is 0 Å². The molecular formula is C16H22BrNO2. The van der Waals surface area contributed by atoms with Crippen LogP contribution in [0.3, 0.4) is 0 Å². The molecule has 0 radical (unpaired) electrons. The second-order valence-electron chi connectivity index (χ2n) is 5.76. The molecule has 0 aliphatic heterocycles. The highest BCUT2D eigenvalue weighted by Gasteiger charge is 2.28. The van der Waals surface area contributed by atoms with Gasteiger partial charge in [-0.25, -0.2) is 4.79 Å². The maximum atomic E-state index is 12.2. The van der Waals surface area contributed by atoms with Crippen molar-refractivity contribution < 1.29 is 9.53 Å². The average Bonchev–Trinajstić information content (AvgIpc) is 2.41. The number of halogens is 1.